The molecule has 0 saturated carbocycles. The van der Waals surface area contributed by atoms with Gasteiger partial charge in [-0.2, -0.15) is 0 Å². The SMILES string of the molecule is CC(O)CCN(C)C(=O)NCCC(CCC(=O)O)C(C)C. The van der Waals surface area contributed by atoms with Gasteiger partial charge in [0.2, 0.25) is 0 Å². The molecule has 2 atom stereocenters. The number of nitrogens with zero attached hydrogens (tertiary/aromatic N) is 1. The van der Waals surface area contributed by atoms with Crippen molar-refractivity contribution < 1.29 is 19.8 Å². The van der Waals surface area contributed by atoms with Gasteiger partial charge in [-0.3, -0.25) is 4.79 Å². The second kappa shape index (κ2) is 10.4. The van der Waals surface area contributed by atoms with Gasteiger partial charge in [-0.25, -0.2) is 4.79 Å². The number of carboxylic acids is 1. The molecular formula is C15H30N2O4. The average Bonchev–Trinajstić information content (AvgIpc) is 2.38. The number of aliphatic hydroxyl groups excluding tert-OH is 1. The molecule has 6 heteroatoms. The molecule has 2 amide bonds. The van der Waals surface area contributed by atoms with Crippen molar-refractivity contribution in [3.63, 3.8) is 0 Å². The Morgan fingerprint density at radius 2 is 1.76 bits per heavy atom. The number of rotatable bonds is 10. The molecule has 0 aliphatic rings. The van der Waals surface area contributed by atoms with Crippen molar-refractivity contribution in [2.75, 3.05) is 20.1 Å². The Hall–Kier alpha value is -1.30. The molecule has 0 aromatic carbocycles. The van der Waals surface area contributed by atoms with E-state index in [9.17, 15) is 14.7 Å². The third-order valence-electron chi connectivity index (χ3n) is 3.69. The number of amides is 2. The zero-order chi connectivity index (χ0) is 16.4. The van der Waals surface area contributed by atoms with Crippen molar-refractivity contribution in [1.82, 2.24) is 10.2 Å². The van der Waals surface area contributed by atoms with Crippen molar-refractivity contribution in [3.8, 4) is 0 Å². The number of aliphatic carboxylic acids is 1. The molecule has 0 heterocycles. The van der Waals surface area contributed by atoms with E-state index in [2.05, 4.69) is 19.2 Å². The van der Waals surface area contributed by atoms with Gasteiger partial charge in [0.25, 0.3) is 0 Å². The predicted molar refractivity (Wildman–Crippen MR) is 82.1 cm³/mol. The molecule has 0 spiro atoms. The first kappa shape index (κ1) is 19.7. The maximum Gasteiger partial charge on any atom is 0.317 e. The normalized spacial score (nSPS) is 13.8. The summed E-state index contributed by atoms with van der Waals surface area (Å²) < 4.78 is 0. The highest BCUT2D eigenvalue weighted by Crippen LogP contribution is 2.20. The molecule has 3 N–H and O–H groups in total. The maximum absolute atomic E-state index is 11.8. The van der Waals surface area contributed by atoms with E-state index in [0.29, 0.717) is 37.8 Å². The summed E-state index contributed by atoms with van der Waals surface area (Å²) in [6.07, 6.45) is 1.73. The molecule has 0 saturated heterocycles. The van der Waals surface area contributed by atoms with Crippen LogP contribution in [-0.2, 0) is 4.79 Å². The van der Waals surface area contributed by atoms with Crippen LogP contribution in [0.5, 0.6) is 0 Å². The van der Waals surface area contributed by atoms with Gasteiger partial charge < -0.3 is 20.4 Å². The zero-order valence-electron chi connectivity index (χ0n) is 13.6. The van der Waals surface area contributed by atoms with Crippen molar-refractivity contribution in [1.29, 1.82) is 0 Å². The molecule has 6 nitrogen and oxygen atoms in total. The van der Waals surface area contributed by atoms with Gasteiger partial charge in [0.05, 0.1) is 6.10 Å². The summed E-state index contributed by atoms with van der Waals surface area (Å²) in [4.78, 5) is 24.0. The van der Waals surface area contributed by atoms with Crippen molar-refractivity contribution in [3.05, 3.63) is 0 Å². The van der Waals surface area contributed by atoms with E-state index in [0.717, 1.165) is 6.42 Å². The molecule has 0 rings (SSSR count). The van der Waals surface area contributed by atoms with Crippen LogP contribution in [0.2, 0.25) is 0 Å². The number of aliphatic hydroxyl groups is 1. The third kappa shape index (κ3) is 10.1. The highest BCUT2D eigenvalue weighted by molar-refractivity contribution is 5.73. The van der Waals surface area contributed by atoms with Crippen LogP contribution in [0.15, 0.2) is 0 Å². The zero-order valence-corrected chi connectivity index (χ0v) is 13.6. The molecule has 0 bridgehead atoms. The van der Waals surface area contributed by atoms with Gasteiger partial charge >= 0.3 is 12.0 Å². The summed E-state index contributed by atoms with van der Waals surface area (Å²) in [6.45, 7) is 6.89. The minimum Gasteiger partial charge on any atom is -0.481 e. The molecular weight excluding hydrogens is 272 g/mol. The first-order chi connectivity index (χ1) is 9.73. The summed E-state index contributed by atoms with van der Waals surface area (Å²) in [5.74, 6) is -0.0825. The van der Waals surface area contributed by atoms with Crippen LogP contribution in [0.1, 0.15) is 46.5 Å². The molecule has 0 fully saturated rings. The third-order valence-corrected chi connectivity index (χ3v) is 3.69. The van der Waals surface area contributed by atoms with Crippen LogP contribution >= 0.6 is 0 Å². The van der Waals surface area contributed by atoms with Crippen LogP contribution in [-0.4, -0.2) is 53.4 Å². The molecule has 0 aromatic rings. The summed E-state index contributed by atoms with van der Waals surface area (Å²) in [5.41, 5.74) is 0. The van der Waals surface area contributed by atoms with E-state index in [1.807, 2.05) is 0 Å². The molecule has 0 radical (unpaired) electrons. The lowest BCUT2D eigenvalue weighted by Crippen LogP contribution is -2.39. The minimum absolute atomic E-state index is 0.156. The molecule has 21 heavy (non-hydrogen) atoms. The molecule has 0 aliphatic heterocycles. The average molecular weight is 302 g/mol. The Morgan fingerprint density at radius 1 is 1.14 bits per heavy atom. The van der Waals surface area contributed by atoms with Crippen LogP contribution in [0, 0.1) is 11.8 Å². The number of hydrogen-bond donors (Lipinski definition) is 3. The number of carbonyl (C=O) groups is 2. The molecule has 124 valence electrons. The van der Waals surface area contributed by atoms with Gasteiger partial charge in [0.1, 0.15) is 0 Å². The summed E-state index contributed by atoms with van der Waals surface area (Å²) in [7, 11) is 1.70. The van der Waals surface area contributed by atoms with Crippen molar-refractivity contribution in [2.24, 2.45) is 11.8 Å². The van der Waals surface area contributed by atoms with E-state index >= 15 is 0 Å². The highest BCUT2D eigenvalue weighted by Gasteiger charge is 2.16. The fourth-order valence-electron chi connectivity index (χ4n) is 2.10. The second-order valence-corrected chi connectivity index (χ2v) is 6.02. The molecule has 0 aliphatic carbocycles. The first-order valence-electron chi connectivity index (χ1n) is 7.62. The minimum atomic E-state index is -0.775. The number of nitrogens with one attached hydrogen (secondary N) is 1. The second-order valence-electron chi connectivity index (χ2n) is 6.02. The Kier molecular flexibility index (Phi) is 9.78. The van der Waals surface area contributed by atoms with Gasteiger partial charge in [-0.15, -0.1) is 0 Å². The lowest BCUT2D eigenvalue weighted by atomic mass is 9.88. The van der Waals surface area contributed by atoms with Gasteiger partial charge in [-0.1, -0.05) is 13.8 Å². The quantitative estimate of drug-likeness (QED) is 0.575. The van der Waals surface area contributed by atoms with Crippen LogP contribution < -0.4 is 5.32 Å². The number of carbonyl (C=O) groups excluding carboxylic acids is 1. The van der Waals surface area contributed by atoms with Crippen molar-refractivity contribution in [2.45, 2.75) is 52.6 Å². The lowest BCUT2D eigenvalue weighted by molar-refractivity contribution is -0.137. The van der Waals surface area contributed by atoms with E-state index in [-0.39, 0.29) is 12.5 Å². The van der Waals surface area contributed by atoms with Gasteiger partial charge in [0, 0.05) is 26.6 Å². The number of carboxylic acid groups (broad SMARTS) is 1. The van der Waals surface area contributed by atoms with Crippen LogP contribution in [0.3, 0.4) is 0 Å². The van der Waals surface area contributed by atoms with E-state index < -0.39 is 12.1 Å². The monoisotopic (exact) mass is 302 g/mol. The van der Waals surface area contributed by atoms with E-state index in [4.69, 9.17) is 5.11 Å². The number of hydrogen-bond acceptors (Lipinski definition) is 3. The first-order valence-corrected chi connectivity index (χ1v) is 7.62. The lowest BCUT2D eigenvalue weighted by Gasteiger charge is -2.22. The van der Waals surface area contributed by atoms with Crippen LogP contribution in [0.25, 0.3) is 0 Å². The van der Waals surface area contributed by atoms with E-state index in [1.165, 1.54) is 0 Å². The Balaban J connectivity index is 4.01. The topological polar surface area (TPSA) is 89.9 Å². The maximum atomic E-state index is 11.8. The predicted octanol–water partition coefficient (Wildman–Crippen LogP) is 1.93. The Labute approximate surface area is 127 Å². The smallest absolute Gasteiger partial charge is 0.317 e. The molecule has 0 aromatic heterocycles. The molecule has 2 unspecified atom stereocenters. The van der Waals surface area contributed by atoms with Crippen LogP contribution in [0.4, 0.5) is 4.79 Å². The van der Waals surface area contributed by atoms with E-state index in [1.54, 1.807) is 18.9 Å². The summed E-state index contributed by atoms with van der Waals surface area (Å²) in [5, 5.41) is 20.8. The Bertz CT molecular complexity index is 319. The van der Waals surface area contributed by atoms with Gasteiger partial charge in [-0.05, 0) is 38.0 Å². The Morgan fingerprint density at radius 3 is 2.24 bits per heavy atom. The summed E-state index contributed by atoms with van der Waals surface area (Å²) in [6, 6.07) is -0.156. The summed E-state index contributed by atoms with van der Waals surface area (Å²) >= 11 is 0. The standard InChI is InChI=1S/C15H30N2O4/c1-11(2)13(5-6-14(19)20)7-9-16-15(21)17(4)10-8-12(3)18/h11-13,18H,5-10H2,1-4H3,(H,16,21)(H,19,20). The van der Waals surface area contributed by atoms with Crippen molar-refractivity contribution >= 4 is 12.0 Å². The fourth-order valence-corrected chi connectivity index (χ4v) is 2.10. The largest absolute Gasteiger partial charge is 0.481 e. The highest BCUT2D eigenvalue weighted by atomic mass is 16.4. The number of urea groups is 1. The van der Waals surface area contributed by atoms with Gasteiger partial charge in [0.15, 0.2) is 0 Å². The fraction of sp³-hybridized carbons (Fsp3) is 0.867.